The second kappa shape index (κ2) is 22.8. The van der Waals surface area contributed by atoms with Crippen LogP contribution in [-0.2, 0) is 44.4 Å². The second-order valence-corrected chi connectivity index (χ2v) is 16.7. The van der Waals surface area contributed by atoms with Crippen LogP contribution in [0.25, 0.3) is 0 Å². The second-order valence-electron chi connectivity index (χ2n) is 15.0. The van der Waals surface area contributed by atoms with Gasteiger partial charge in [-0.2, -0.15) is 46.8 Å². The molecule has 0 aliphatic heterocycles. The molecular formula is C46H36Cl4F6N8O6. The van der Waals surface area contributed by atoms with Gasteiger partial charge in [-0.25, -0.2) is 0 Å². The van der Waals surface area contributed by atoms with E-state index in [2.05, 4.69) is 41.7 Å². The van der Waals surface area contributed by atoms with E-state index in [-0.39, 0.29) is 68.1 Å². The molecule has 0 aliphatic rings. The van der Waals surface area contributed by atoms with Crippen molar-refractivity contribution in [1.82, 2.24) is 0 Å². The normalized spacial score (nSPS) is 12.7. The van der Waals surface area contributed by atoms with Crippen LogP contribution in [0.3, 0.4) is 0 Å². The van der Waals surface area contributed by atoms with Crippen LogP contribution in [0.4, 0.5) is 60.5 Å². The van der Waals surface area contributed by atoms with E-state index in [4.69, 9.17) is 46.4 Å². The highest BCUT2D eigenvalue weighted by Gasteiger charge is 2.35. The molecule has 5 rings (SSSR count). The van der Waals surface area contributed by atoms with Gasteiger partial charge >= 0.3 is 12.4 Å². The van der Waals surface area contributed by atoms with Gasteiger partial charge in [-0.3, -0.25) is 28.8 Å². The van der Waals surface area contributed by atoms with Crippen LogP contribution < -0.4 is 21.3 Å². The van der Waals surface area contributed by atoms with Crippen LogP contribution in [0.2, 0.25) is 20.1 Å². The zero-order chi connectivity index (χ0) is 51.8. The summed E-state index contributed by atoms with van der Waals surface area (Å²) in [6.45, 7) is 5.65. The molecule has 24 heteroatoms. The third kappa shape index (κ3) is 14.2. The minimum Gasteiger partial charge on any atom is -0.323 e. The van der Waals surface area contributed by atoms with Crippen molar-refractivity contribution in [3.63, 3.8) is 0 Å². The van der Waals surface area contributed by atoms with Gasteiger partial charge in [0.25, 0.3) is 23.6 Å². The average molecular weight is 1050 g/mol. The van der Waals surface area contributed by atoms with Crippen molar-refractivity contribution in [2.45, 2.75) is 65.0 Å². The van der Waals surface area contributed by atoms with Crippen molar-refractivity contribution < 1.29 is 55.1 Å². The summed E-state index contributed by atoms with van der Waals surface area (Å²) in [5.74, 6) is -5.03. The SMILES string of the molecule is CCc1cc(NC(=O)C(N=Nc2cc(Cl)cc(C(=O)Nc3ccc(Cl)c(C(F)(F)F)c3)c2)C(C)=O)c(CC)cc1NC(=O)C(N=Nc1cc(Cl)cc(C(=O)Nc2ccc(Cl)c(C(F)(F)F)c2)c1)C(C)=O. The summed E-state index contributed by atoms with van der Waals surface area (Å²) in [4.78, 5) is 78.6. The number of amides is 4. The number of hydrogen-bond acceptors (Lipinski definition) is 10. The maximum atomic E-state index is 13.6. The van der Waals surface area contributed by atoms with Gasteiger partial charge < -0.3 is 21.3 Å². The molecule has 0 spiro atoms. The third-order valence-electron chi connectivity index (χ3n) is 9.80. The number of alkyl halides is 6. The zero-order valence-electron chi connectivity index (χ0n) is 36.7. The van der Waals surface area contributed by atoms with Crippen molar-refractivity contribution in [2.24, 2.45) is 20.5 Å². The van der Waals surface area contributed by atoms with Gasteiger partial charge in [0.15, 0.2) is 11.6 Å². The largest absolute Gasteiger partial charge is 0.417 e. The lowest BCUT2D eigenvalue weighted by molar-refractivity contribution is -0.138. The van der Waals surface area contributed by atoms with E-state index in [1.807, 2.05) is 0 Å². The number of benzene rings is 5. The first-order valence-corrected chi connectivity index (χ1v) is 21.9. The molecule has 0 saturated carbocycles. The van der Waals surface area contributed by atoms with Gasteiger partial charge in [0.2, 0.25) is 12.1 Å². The molecule has 2 unspecified atom stereocenters. The van der Waals surface area contributed by atoms with E-state index in [1.165, 1.54) is 48.5 Å². The number of halogens is 10. The molecule has 0 radical (unpaired) electrons. The average Bonchev–Trinajstić information content (AvgIpc) is 3.26. The highest BCUT2D eigenvalue weighted by atomic mass is 35.5. The van der Waals surface area contributed by atoms with E-state index in [9.17, 15) is 55.1 Å². The summed E-state index contributed by atoms with van der Waals surface area (Å²) < 4.78 is 80.2. The van der Waals surface area contributed by atoms with Crippen LogP contribution in [0.1, 0.15) is 70.7 Å². The van der Waals surface area contributed by atoms with Crippen molar-refractivity contribution in [1.29, 1.82) is 0 Å². The number of nitrogens with zero attached hydrogens (tertiary/aromatic N) is 4. The maximum absolute atomic E-state index is 13.6. The van der Waals surface area contributed by atoms with Crippen molar-refractivity contribution in [3.8, 4) is 0 Å². The van der Waals surface area contributed by atoms with Gasteiger partial charge in [0, 0.05) is 43.9 Å². The lowest BCUT2D eigenvalue weighted by Gasteiger charge is -2.18. The standard InChI is InChI=1S/C46H36Cl4F6N8O6/c1-5-23-15-38(60-44(70)40(22(4)66)64-62-32-14-26(12-28(48)18-32)42(68)58-30-8-10-36(50)34(20-30)46(54,55)56)24(6-2)16-37(23)59-43(69)39(21(3)65)63-61-31-13-25(11-27(47)17-31)41(67)57-29-7-9-35(49)33(19-29)45(51,52)53/h7-20,39-40H,5-6H2,1-4H3,(H,57,67)(H,58,68)(H,59,69)(H,60,70). The highest BCUT2D eigenvalue weighted by molar-refractivity contribution is 6.32. The summed E-state index contributed by atoms with van der Waals surface area (Å²) in [5.41, 5.74) is -1.84. The Kier molecular flexibility index (Phi) is 17.6. The number of carbonyl (C=O) groups is 6. The number of carbonyl (C=O) groups excluding carboxylic acids is 6. The number of rotatable bonds is 16. The monoisotopic (exact) mass is 1050 g/mol. The molecule has 0 bridgehead atoms. The van der Waals surface area contributed by atoms with Crippen molar-refractivity contribution in [2.75, 3.05) is 21.3 Å². The summed E-state index contributed by atoms with van der Waals surface area (Å²) in [5, 5.41) is 24.5. The lowest BCUT2D eigenvalue weighted by Crippen LogP contribution is -2.33. The van der Waals surface area contributed by atoms with Crippen molar-refractivity contribution in [3.05, 3.63) is 138 Å². The molecule has 2 atom stereocenters. The van der Waals surface area contributed by atoms with E-state index in [0.717, 1.165) is 38.1 Å². The van der Waals surface area contributed by atoms with Gasteiger partial charge in [-0.05, 0) is 123 Å². The molecule has 5 aromatic rings. The molecule has 4 N–H and O–H groups in total. The Balaban J connectivity index is 1.31. The molecule has 0 aliphatic carbocycles. The first-order chi connectivity index (χ1) is 32.8. The Morgan fingerprint density at radius 3 is 1.19 bits per heavy atom. The van der Waals surface area contributed by atoms with Gasteiger partial charge in [-0.15, -0.1) is 0 Å². The third-order valence-corrected chi connectivity index (χ3v) is 10.9. The van der Waals surface area contributed by atoms with E-state index < -0.39 is 80.8 Å². The highest BCUT2D eigenvalue weighted by Crippen LogP contribution is 2.38. The molecule has 70 heavy (non-hydrogen) atoms. The molecule has 0 saturated heterocycles. The summed E-state index contributed by atoms with van der Waals surface area (Å²) in [6.07, 6.45) is -9.03. The van der Waals surface area contributed by atoms with E-state index >= 15 is 0 Å². The molecule has 366 valence electrons. The number of Topliss-reactive ketones (excluding diaryl/α,β-unsaturated/α-hetero) is 2. The number of ketones is 2. The zero-order valence-corrected chi connectivity index (χ0v) is 39.7. The fourth-order valence-corrected chi connectivity index (χ4v) is 7.28. The fourth-order valence-electron chi connectivity index (χ4n) is 6.37. The first kappa shape index (κ1) is 54.2. The maximum Gasteiger partial charge on any atom is 0.417 e. The van der Waals surface area contributed by atoms with Crippen LogP contribution in [0.15, 0.2) is 105 Å². The van der Waals surface area contributed by atoms with Crippen LogP contribution in [0, 0.1) is 0 Å². The molecular weight excluding hydrogens is 1020 g/mol. The molecule has 0 fully saturated rings. The molecule has 0 aromatic heterocycles. The minimum absolute atomic E-state index is 0.0348. The smallest absolute Gasteiger partial charge is 0.323 e. The van der Waals surface area contributed by atoms with Gasteiger partial charge in [0.05, 0.1) is 32.5 Å². The number of hydrogen-bond donors (Lipinski definition) is 4. The lowest BCUT2D eigenvalue weighted by atomic mass is 10.0. The fraction of sp³-hybridized carbons (Fsp3) is 0.217. The Hall–Kier alpha value is -6.74. The Bertz CT molecular complexity index is 2770. The van der Waals surface area contributed by atoms with E-state index in [1.54, 1.807) is 13.8 Å². The Morgan fingerprint density at radius 2 is 0.871 bits per heavy atom. The molecule has 4 amide bonds. The predicted octanol–water partition coefficient (Wildman–Crippen LogP) is 13.3. The van der Waals surface area contributed by atoms with Gasteiger partial charge in [-0.1, -0.05) is 60.3 Å². The van der Waals surface area contributed by atoms with E-state index in [0.29, 0.717) is 23.3 Å². The van der Waals surface area contributed by atoms with Crippen LogP contribution >= 0.6 is 46.4 Å². The predicted molar refractivity (Wildman–Crippen MR) is 252 cm³/mol. The van der Waals surface area contributed by atoms with Crippen LogP contribution in [-0.4, -0.2) is 47.3 Å². The molecule has 0 heterocycles. The summed E-state index contributed by atoms with van der Waals surface area (Å²) >= 11 is 23.7. The molecule has 14 nitrogen and oxygen atoms in total. The summed E-state index contributed by atoms with van der Waals surface area (Å²) in [6, 6.07) is 12.5. The Labute approximate surface area is 414 Å². The number of anilines is 4. The van der Waals surface area contributed by atoms with Crippen molar-refractivity contribution >= 4 is 116 Å². The molecule has 5 aromatic carbocycles. The number of nitrogens with one attached hydrogen (secondary N) is 4. The first-order valence-electron chi connectivity index (χ1n) is 20.3. The topological polar surface area (TPSA) is 200 Å². The van der Waals surface area contributed by atoms with Crippen LogP contribution in [0.5, 0.6) is 0 Å². The van der Waals surface area contributed by atoms with Gasteiger partial charge in [0.1, 0.15) is 0 Å². The number of azo groups is 2. The summed E-state index contributed by atoms with van der Waals surface area (Å²) in [7, 11) is 0. The quantitative estimate of drug-likeness (QED) is 0.0430. The number of aryl methyl sites for hydroxylation is 2. The Morgan fingerprint density at radius 1 is 0.514 bits per heavy atom. The minimum atomic E-state index is -4.79.